The highest BCUT2D eigenvalue weighted by molar-refractivity contribution is 5.94. The van der Waals surface area contributed by atoms with E-state index >= 15 is 0 Å². The van der Waals surface area contributed by atoms with Crippen molar-refractivity contribution in [2.45, 2.75) is 24.9 Å². The van der Waals surface area contributed by atoms with Gasteiger partial charge in [0.1, 0.15) is 5.54 Å². The quantitative estimate of drug-likeness (QED) is 0.738. The molecule has 2 aromatic heterocycles. The van der Waals surface area contributed by atoms with E-state index in [1.807, 2.05) is 19.0 Å². The van der Waals surface area contributed by atoms with Crippen LogP contribution < -0.4 is 0 Å². The molecule has 0 saturated carbocycles. The summed E-state index contributed by atoms with van der Waals surface area (Å²) in [6.07, 6.45) is 5.04. The fourth-order valence-corrected chi connectivity index (χ4v) is 3.50. The van der Waals surface area contributed by atoms with Crippen molar-refractivity contribution >= 4 is 5.91 Å². The van der Waals surface area contributed by atoms with E-state index in [-0.39, 0.29) is 5.91 Å². The van der Waals surface area contributed by atoms with E-state index in [0.717, 1.165) is 25.2 Å². The largest absolute Gasteiger partial charge is 0.383 e. The van der Waals surface area contributed by atoms with E-state index in [0.29, 0.717) is 25.3 Å². The molecule has 0 spiro atoms. The number of aromatic nitrogens is 5. The van der Waals surface area contributed by atoms with Gasteiger partial charge in [-0.3, -0.25) is 14.7 Å². The van der Waals surface area contributed by atoms with Gasteiger partial charge in [-0.15, -0.1) is 5.10 Å². The fourth-order valence-electron chi connectivity index (χ4n) is 3.50. The van der Waals surface area contributed by atoms with Crippen molar-refractivity contribution < 1.29 is 9.53 Å². The summed E-state index contributed by atoms with van der Waals surface area (Å²) < 4.78 is 6.95. The van der Waals surface area contributed by atoms with Crippen molar-refractivity contribution in [1.82, 2.24) is 35.0 Å². The van der Waals surface area contributed by atoms with Gasteiger partial charge in [0.2, 0.25) is 0 Å². The second-order valence-corrected chi connectivity index (χ2v) is 6.71. The average Bonchev–Trinajstić information content (AvgIpc) is 3.15. The molecule has 26 heavy (non-hydrogen) atoms. The van der Waals surface area contributed by atoms with E-state index in [1.54, 1.807) is 36.3 Å². The minimum atomic E-state index is -0.432. The molecule has 3 heterocycles. The Morgan fingerprint density at radius 2 is 2.12 bits per heavy atom. The summed E-state index contributed by atoms with van der Waals surface area (Å²) in [5.41, 5.74) is 0.214. The van der Waals surface area contributed by atoms with E-state index in [4.69, 9.17) is 4.74 Å². The third-order valence-corrected chi connectivity index (χ3v) is 5.00. The van der Waals surface area contributed by atoms with Gasteiger partial charge in [0.05, 0.1) is 13.2 Å². The molecule has 1 aliphatic heterocycles. The lowest BCUT2D eigenvalue weighted by Crippen LogP contribution is -2.56. The van der Waals surface area contributed by atoms with E-state index in [9.17, 15) is 4.79 Å². The van der Waals surface area contributed by atoms with Crippen molar-refractivity contribution in [1.29, 1.82) is 0 Å². The molecule has 3 rings (SSSR count). The molecule has 1 amide bonds. The molecule has 9 heteroatoms. The smallest absolute Gasteiger partial charge is 0.254 e. The molecular formula is C17H25N7O2. The number of likely N-dealkylation sites (tertiary alicyclic amines) is 1. The molecule has 9 nitrogen and oxygen atoms in total. The molecule has 1 unspecified atom stereocenters. The Balaban J connectivity index is 1.90. The van der Waals surface area contributed by atoms with E-state index in [2.05, 4.69) is 25.4 Å². The fraction of sp³-hybridized carbons (Fsp3) is 0.588. The first kappa shape index (κ1) is 18.4. The molecule has 140 valence electrons. The van der Waals surface area contributed by atoms with Crippen molar-refractivity contribution in [3.8, 4) is 0 Å². The number of amides is 1. The maximum Gasteiger partial charge on any atom is 0.254 e. The Labute approximate surface area is 152 Å². The van der Waals surface area contributed by atoms with Gasteiger partial charge >= 0.3 is 0 Å². The summed E-state index contributed by atoms with van der Waals surface area (Å²) in [5.74, 6) is 0.779. The van der Waals surface area contributed by atoms with Gasteiger partial charge in [-0.25, -0.2) is 4.68 Å². The molecule has 2 aromatic rings. The first-order valence-corrected chi connectivity index (χ1v) is 8.71. The number of carbonyl (C=O) groups is 1. The highest BCUT2D eigenvalue weighted by Crippen LogP contribution is 2.35. The molecule has 1 atom stereocenters. The third-order valence-electron chi connectivity index (χ3n) is 5.00. The SMILES string of the molecule is COCCn1nnnc1C1(N(C)C)CCCN(C(=O)c2ccncc2)C1. The Morgan fingerprint density at radius 1 is 1.35 bits per heavy atom. The highest BCUT2D eigenvalue weighted by Gasteiger charge is 2.44. The van der Waals surface area contributed by atoms with Crippen LogP contribution in [-0.4, -0.2) is 81.8 Å². The topological polar surface area (TPSA) is 89.3 Å². The molecule has 0 radical (unpaired) electrons. The van der Waals surface area contributed by atoms with Crippen LogP contribution in [0.4, 0.5) is 0 Å². The maximum absolute atomic E-state index is 12.9. The van der Waals surface area contributed by atoms with Crippen LogP contribution in [0.2, 0.25) is 0 Å². The molecule has 1 fully saturated rings. The van der Waals surface area contributed by atoms with Gasteiger partial charge in [0.25, 0.3) is 5.91 Å². The van der Waals surface area contributed by atoms with Gasteiger partial charge in [0, 0.05) is 38.2 Å². The monoisotopic (exact) mass is 359 g/mol. The van der Waals surface area contributed by atoms with Gasteiger partial charge in [-0.1, -0.05) is 0 Å². The molecule has 1 saturated heterocycles. The summed E-state index contributed by atoms with van der Waals surface area (Å²) in [4.78, 5) is 20.9. The number of nitrogens with zero attached hydrogens (tertiary/aromatic N) is 7. The number of rotatable bonds is 6. The zero-order valence-electron chi connectivity index (χ0n) is 15.5. The highest BCUT2D eigenvalue weighted by atomic mass is 16.5. The molecule has 1 aliphatic rings. The Kier molecular flexibility index (Phi) is 5.58. The number of piperidine rings is 1. The maximum atomic E-state index is 12.9. The van der Waals surface area contributed by atoms with Crippen LogP contribution >= 0.6 is 0 Å². The van der Waals surface area contributed by atoms with Crippen LogP contribution in [0.3, 0.4) is 0 Å². The zero-order valence-corrected chi connectivity index (χ0v) is 15.5. The predicted octanol–water partition coefficient (Wildman–Crippen LogP) is 0.408. The summed E-state index contributed by atoms with van der Waals surface area (Å²) in [7, 11) is 5.67. The van der Waals surface area contributed by atoms with Crippen molar-refractivity contribution in [3.05, 3.63) is 35.9 Å². The van der Waals surface area contributed by atoms with Gasteiger partial charge < -0.3 is 9.64 Å². The summed E-state index contributed by atoms with van der Waals surface area (Å²) >= 11 is 0. The normalized spacial score (nSPS) is 20.5. The van der Waals surface area contributed by atoms with Gasteiger partial charge in [-0.05, 0) is 49.5 Å². The average molecular weight is 359 g/mol. The molecule has 0 aliphatic carbocycles. The van der Waals surface area contributed by atoms with Gasteiger partial charge in [-0.2, -0.15) is 0 Å². The number of hydrogen-bond donors (Lipinski definition) is 0. The Bertz CT molecular complexity index is 734. The van der Waals surface area contributed by atoms with Crippen LogP contribution in [0.5, 0.6) is 0 Å². The van der Waals surface area contributed by atoms with Crippen LogP contribution in [0.1, 0.15) is 29.0 Å². The lowest BCUT2D eigenvalue weighted by Gasteiger charge is -2.45. The number of tetrazole rings is 1. The van der Waals surface area contributed by atoms with Crippen LogP contribution in [0.15, 0.2) is 24.5 Å². The number of pyridine rings is 1. The van der Waals surface area contributed by atoms with Crippen molar-refractivity contribution in [3.63, 3.8) is 0 Å². The lowest BCUT2D eigenvalue weighted by molar-refractivity contribution is 0.0251. The third kappa shape index (κ3) is 3.45. The molecule has 0 N–H and O–H groups in total. The van der Waals surface area contributed by atoms with Crippen molar-refractivity contribution in [2.24, 2.45) is 0 Å². The number of carbonyl (C=O) groups excluding carboxylic acids is 1. The van der Waals surface area contributed by atoms with Crippen LogP contribution in [0, 0.1) is 0 Å². The number of hydrogen-bond acceptors (Lipinski definition) is 7. The number of likely N-dealkylation sites (N-methyl/N-ethyl adjacent to an activating group) is 1. The predicted molar refractivity (Wildman–Crippen MR) is 94.4 cm³/mol. The number of ether oxygens (including phenoxy) is 1. The first-order chi connectivity index (χ1) is 12.6. The second kappa shape index (κ2) is 7.88. The van der Waals surface area contributed by atoms with Crippen molar-refractivity contribution in [2.75, 3.05) is 40.9 Å². The number of methoxy groups -OCH3 is 1. The van der Waals surface area contributed by atoms with E-state index in [1.165, 1.54) is 0 Å². The molecular weight excluding hydrogens is 334 g/mol. The first-order valence-electron chi connectivity index (χ1n) is 8.71. The second-order valence-electron chi connectivity index (χ2n) is 6.71. The summed E-state index contributed by atoms with van der Waals surface area (Å²) in [6.45, 7) is 2.36. The Hall–Kier alpha value is -2.39. The van der Waals surface area contributed by atoms with Crippen LogP contribution in [0.25, 0.3) is 0 Å². The summed E-state index contributed by atoms with van der Waals surface area (Å²) in [6, 6.07) is 3.49. The van der Waals surface area contributed by atoms with Gasteiger partial charge in [0.15, 0.2) is 5.82 Å². The molecule has 0 bridgehead atoms. The zero-order chi connectivity index (χ0) is 18.6. The minimum absolute atomic E-state index is 0.00856. The lowest BCUT2D eigenvalue weighted by atomic mass is 9.86. The van der Waals surface area contributed by atoms with Crippen LogP contribution in [-0.2, 0) is 16.8 Å². The Morgan fingerprint density at radius 3 is 2.81 bits per heavy atom. The van der Waals surface area contributed by atoms with E-state index < -0.39 is 5.54 Å². The molecule has 0 aromatic carbocycles. The standard InChI is InChI=1S/C17H25N7O2/c1-22(2)17(16-19-20-21-24(16)11-12-26-3)7-4-10-23(13-17)15(25)14-5-8-18-9-6-14/h5-6,8-9H,4,7,10-13H2,1-3H3. The minimum Gasteiger partial charge on any atom is -0.383 e. The summed E-state index contributed by atoms with van der Waals surface area (Å²) in [5, 5.41) is 12.3.